The van der Waals surface area contributed by atoms with Crippen molar-refractivity contribution >= 4 is 6.03 Å². The number of nitrogens with zero attached hydrogens (tertiary/aromatic N) is 1. The quantitative estimate of drug-likeness (QED) is 0.312. The van der Waals surface area contributed by atoms with E-state index in [1.807, 2.05) is 7.05 Å². The highest BCUT2D eigenvalue weighted by Crippen LogP contribution is 2.43. The minimum Gasteiger partial charge on any atom is -0.505 e. The lowest BCUT2D eigenvalue weighted by molar-refractivity contribution is -0.0580. The Labute approximate surface area is 215 Å². The number of amides is 2. The minimum absolute atomic E-state index is 0.0613. The summed E-state index contributed by atoms with van der Waals surface area (Å²) in [6.07, 6.45) is 10.5. The number of halogens is 1. The summed E-state index contributed by atoms with van der Waals surface area (Å²) in [4.78, 5) is 15.1. The van der Waals surface area contributed by atoms with Crippen molar-refractivity contribution in [2.24, 2.45) is 11.8 Å². The third kappa shape index (κ3) is 7.56. The molecule has 2 aliphatic rings. The second-order valence-corrected chi connectivity index (χ2v) is 10.7. The molecule has 7 nitrogen and oxygen atoms in total. The van der Waals surface area contributed by atoms with Gasteiger partial charge < -0.3 is 30.5 Å². The number of nitrogens with one attached hydrogen (secondary N) is 2. The second kappa shape index (κ2) is 14.1. The highest BCUT2D eigenvalue weighted by molar-refractivity contribution is 5.74. The number of rotatable bonds is 12. The van der Waals surface area contributed by atoms with Crippen LogP contribution < -0.4 is 10.6 Å². The molecule has 3 unspecified atom stereocenters. The number of unbranched alkanes of at least 4 members (excludes halogenated alkanes) is 1. The van der Waals surface area contributed by atoms with Gasteiger partial charge in [0.2, 0.25) is 0 Å². The van der Waals surface area contributed by atoms with Gasteiger partial charge >= 0.3 is 6.03 Å². The van der Waals surface area contributed by atoms with Crippen LogP contribution in [0, 0.1) is 17.7 Å². The number of para-hydroxylation sites is 1. The first kappa shape index (κ1) is 28.7. The Bertz CT molecular complexity index is 820. The van der Waals surface area contributed by atoms with Gasteiger partial charge in [-0.25, -0.2) is 9.18 Å². The van der Waals surface area contributed by atoms with Crippen LogP contribution in [-0.2, 0) is 10.3 Å². The molecule has 2 amide bonds. The van der Waals surface area contributed by atoms with E-state index >= 15 is 0 Å². The zero-order valence-corrected chi connectivity index (χ0v) is 22.1. The van der Waals surface area contributed by atoms with Crippen LogP contribution in [0.4, 0.5) is 9.18 Å². The maximum atomic E-state index is 14.3. The average Bonchev–Trinajstić information content (AvgIpc) is 2.89. The standard InChI is InChI=1S/C28H46FN3O4/c1-30-19-23(18-21-10-4-3-5-11-21)31-27(34)32-16-9-12-22(20-32)28(35,15-6-7-17-36-2)24-13-8-14-25(29)26(24)33/h8,13-14,21-23,30,33,35H,3-7,9-12,15-20H2,1-2H3,(H,31,34). The van der Waals surface area contributed by atoms with Gasteiger partial charge in [0, 0.05) is 50.9 Å². The molecule has 3 rings (SSSR count). The summed E-state index contributed by atoms with van der Waals surface area (Å²) in [5, 5.41) is 28.9. The number of ether oxygens (including phenoxy) is 1. The number of piperidine rings is 1. The van der Waals surface area contributed by atoms with Gasteiger partial charge in [0.25, 0.3) is 0 Å². The third-order valence-electron chi connectivity index (χ3n) is 8.11. The molecule has 1 aromatic rings. The van der Waals surface area contributed by atoms with Crippen LogP contribution in [0.5, 0.6) is 5.75 Å². The molecule has 0 spiro atoms. The van der Waals surface area contributed by atoms with Crippen LogP contribution in [0.25, 0.3) is 0 Å². The molecule has 4 N–H and O–H groups in total. The highest BCUT2D eigenvalue weighted by Gasteiger charge is 2.43. The van der Waals surface area contributed by atoms with Crippen molar-refractivity contribution in [1.29, 1.82) is 0 Å². The number of aromatic hydroxyl groups is 1. The summed E-state index contributed by atoms with van der Waals surface area (Å²) in [5.74, 6) is -0.909. The van der Waals surface area contributed by atoms with E-state index in [0.717, 1.165) is 25.8 Å². The second-order valence-electron chi connectivity index (χ2n) is 10.7. The van der Waals surface area contributed by atoms with Crippen molar-refractivity contribution in [3.8, 4) is 5.75 Å². The first-order chi connectivity index (χ1) is 17.4. The molecule has 1 aliphatic heterocycles. The van der Waals surface area contributed by atoms with Crippen molar-refractivity contribution in [2.45, 2.75) is 82.3 Å². The van der Waals surface area contributed by atoms with E-state index in [2.05, 4.69) is 10.6 Å². The fourth-order valence-corrected chi connectivity index (χ4v) is 6.15. The Balaban J connectivity index is 1.72. The third-order valence-corrected chi connectivity index (χ3v) is 8.11. The molecular weight excluding hydrogens is 461 g/mol. The number of urea groups is 1. The molecule has 2 fully saturated rings. The van der Waals surface area contributed by atoms with Crippen molar-refractivity contribution in [3.63, 3.8) is 0 Å². The first-order valence-electron chi connectivity index (χ1n) is 13.8. The van der Waals surface area contributed by atoms with Crippen LogP contribution in [0.2, 0.25) is 0 Å². The predicted molar refractivity (Wildman–Crippen MR) is 139 cm³/mol. The van der Waals surface area contributed by atoms with E-state index in [4.69, 9.17) is 4.74 Å². The molecule has 0 aromatic heterocycles. The zero-order chi connectivity index (χ0) is 26.0. The minimum atomic E-state index is -1.44. The lowest BCUT2D eigenvalue weighted by Gasteiger charge is -2.43. The smallest absolute Gasteiger partial charge is 0.317 e. The summed E-state index contributed by atoms with van der Waals surface area (Å²) < 4.78 is 19.4. The number of carbonyl (C=O) groups is 1. The number of aliphatic hydroxyl groups is 1. The molecular formula is C28H46FN3O4. The number of phenols is 1. The molecule has 1 saturated heterocycles. The van der Waals surface area contributed by atoms with Gasteiger partial charge in [-0.3, -0.25) is 0 Å². The van der Waals surface area contributed by atoms with Crippen LogP contribution in [0.3, 0.4) is 0 Å². The van der Waals surface area contributed by atoms with Gasteiger partial charge in [0.15, 0.2) is 11.6 Å². The van der Waals surface area contributed by atoms with Gasteiger partial charge in [-0.2, -0.15) is 0 Å². The van der Waals surface area contributed by atoms with Crippen LogP contribution in [-0.4, -0.2) is 67.6 Å². The van der Waals surface area contributed by atoms with Gasteiger partial charge in [-0.1, -0.05) is 44.2 Å². The highest BCUT2D eigenvalue weighted by atomic mass is 19.1. The zero-order valence-electron chi connectivity index (χ0n) is 22.1. The molecule has 1 heterocycles. The molecule has 8 heteroatoms. The van der Waals surface area contributed by atoms with Gasteiger partial charge in [-0.05, 0) is 57.6 Å². The van der Waals surface area contributed by atoms with E-state index < -0.39 is 17.2 Å². The Morgan fingerprint density at radius 2 is 2.00 bits per heavy atom. The Morgan fingerprint density at radius 1 is 1.22 bits per heavy atom. The molecule has 1 aliphatic carbocycles. The van der Waals surface area contributed by atoms with Crippen LogP contribution in [0.1, 0.15) is 76.2 Å². The molecule has 1 saturated carbocycles. The fourth-order valence-electron chi connectivity index (χ4n) is 6.15. The topological polar surface area (TPSA) is 94.1 Å². The Morgan fingerprint density at radius 3 is 2.72 bits per heavy atom. The number of hydrogen-bond donors (Lipinski definition) is 4. The van der Waals surface area contributed by atoms with Crippen molar-refractivity contribution < 1.29 is 24.1 Å². The maximum Gasteiger partial charge on any atom is 0.317 e. The molecule has 0 radical (unpaired) electrons. The Kier molecular flexibility index (Phi) is 11.3. The first-order valence-corrected chi connectivity index (χ1v) is 13.8. The Hall–Kier alpha value is -1.90. The monoisotopic (exact) mass is 507 g/mol. The normalized spacial score (nSPS) is 21.7. The van der Waals surface area contributed by atoms with Crippen LogP contribution >= 0.6 is 0 Å². The summed E-state index contributed by atoms with van der Waals surface area (Å²) >= 11 is 0. The van der Waals surface area contributed by atoms with Gasteiger partial charge in [0.1, 0.15) is 0 Å². The number of carbonyl (C=O) groups excluding carboxylic acids is 1. The number of benzene rings is 1. The summed E-state index contributed by atoms with van der Waals surface area (Å²) in [5.41, 5.74) is -1.23. The number of phenolic OH excluding ortho intramolecular Hbond substituents is 1. The predicted octanol–water partition coefficient (Wildman–Crippen LogP) is 4.52. The van der Waals surface area contributed by atoms with E-state index in [-0.39, 0.29) is 23.6 Å². The average molecular weight is 508 g/mol. The van der Waals surface area contributed by atoms with E-state index in [0.29, 0.717) is 44.9 Å². The SMILES string of the molecule is CNCC(CC1CCCCC1)NC(=O)N1CCCC(C(O)(CCCCOC)c2cccc(F)c2O)C1. The number of hydrogen-bond acceptors (Lipinski definition) is 5. The molecule has 1 aromatic carbocycles. The number of methoxy groups -OCH3 is 1. The molecule has 36 heavy (non-hydrogen) atoms. The lowest BCUT2D eigenvalue weighted by atomic mass is 9.73. The van der Waals surface area contributed by atoms with E-state index in [1.165, 1.54) is 44.2 Å². The fraction of sp³-hybridized carbons (Fsp3) is 0.750. The van der Waals surface area contributed by atoms with Gasteiger partial charge in [0.05, 0.1) is 5.60 Å². The largest absolute Gasteiger partial charge is 0.505 e. The molecule has 3 atom stereocenters. The number of likely N-dealkylation sites (N-methyl/N-ethyl adjacent to an activating group) is 1. The lowest BCUT2D eigenvalue weighted by Crippen LogP contribution is -2.54. The van der Waals surface area contributed by atoms with Gasteiger partial charge in [-0.15, -0.1) is 0 Å². The van der Waals surface area contributed by atoms with Crippen LogP contribution in [0.15, 0.2) is 18.2 Å². The van der Waals surface area contributed by atoms with Crippen molar-refractivity contribution in [2.75, 3.05) is 40.4 Å². The van der Waals surface area contributed by atoms with E-state index in [9.17, 15) is 19.4 Å². The summed E-state index contributed by atoms with van der Waals surface area (Å²) in [7, 11) is 3.55. The summed E-state index contributed by atoms with van der Waals surface area (Å²) in [6.45, 7) is 2.27. The van der Waals surface area contributed by atoms with Crippen molar-refractivity contribution in [3.05, 3.63) is 29.6 Å². The summed E-state index contributed by atoms with van der Waals surface area (Å²) in [6, 6.07) is 4.26. The van der Waals surface area contributed by atoms with E-state index in [1.54, 1.807) is 18.1 Å². The molecule has 0 bridgehead atoms. The van der Waals surface area contributed by atoms with Crippen molar-refractivity contribution in [1.82, 2.24) is 15.5 Å². The number of likely N-dealkylation sites (tertiary alicyclic amines) is 1. The maximum absolute atomic E-state index is 14.3. The molecule has 204 valence electrons.